The summed E-state index contributed by atoms with van der Waals surface area (Å²) in [5.41, 5.74) is -1.32. The number of carbonyl (C=O) groups excluding carboxylic acids is 2. The van der Waals surface area contributed by atoms with Gasteiger partial charge in [0.15, 0.2) is 0 Å². The van der Waals surface area contributed by atoms with E-state index in [4.69, 9.17) is 4.74 Å². The number of alkyl halides is 3. The van der Waals surface area contributed by atoms with Crippen molar-refractivity contribution < 1.29 is 31.9 Å². The van der Waals surface area contributed by atoms with Gasteiger partial charge in [0.05, 0.1) is 12.7 Å². The normalized spacial score (nSPS) is 11.0. The van der Waals surface area contributed by atoms with Crippen LogP contribution in [-0.2, 0) is 22.3 Å². The van der Waals surface area contributed by atoms with Gasteiger partial charge in [0, 0.05) is 24.5 Å². The number of hydrogen-bond donors (Lipinski definition) is 2. The molecule has 0 aliphatic carbocycles. The molecular weight excluding hydrogens is 358 g/mol. The molecule has 0 atom stereocenters. The van der Waals surface area contributed by atoms with Gasteiger partial charge in [-0.25, -0.2) is 9.37 Å². The molecule has 0 aliphatic heterocycles. The fourth-order valence-electron chi connectivity index (χ4n) is 1.91. The zero-order valence-corrected chi connectivity index (χ0v) is 13.4. The second kappa shape index (κ2) is 7.81. The first kappa shape index (κ1) is 19.2. The number of anilines is 1. The third-order valence-corrected chi connectivity index (χ3v) is 3.20. The molecule has 1 aromatic carbocycles. The lowest BCUT2D eigenvalue weighted by Gasteiger charge is -2.11. The average Bonchev–Trinajstić information content (AvgIpc) is 2.60. The Hall–Kier alpha value is -3.17. The molecule has 2 N–H and O–H groups in total. The van der Waals surface area contributed by atoms with Crippen LogP contribution < -0.4 is 15.4 Å². The van der Waals surface area contributed by atoms with Gasteiger partial charge in [0.1, 0.15) is 5.82 Å². The van der Waals surface area contributed by atoms with Crippen molar-refractivity contribution in [2.75, 3.05) is 12.4 Å². The SMILES string of the molecule is COc1ccc(CNC(=O)C(=O)Nc2ccc(F)c(C(F)(F)F)c2)cn1. The highest BCUT2D eigenvalue weighted by molar-refractivity contribution is 6.39. The molecule has 0 aliphatic rings. The van der Waals surface area contributed by atoms with Crippen LogP contribution in [-0.4, -0.2) is 23.9 Å². The number of methoxy groups -OCH3 is 1. The fourth-order valence-corrected chi connectivity index (χ4v) is 1.91. The molecule has 1 heterocycles. The highest BCUT2D eigenvalue weighted by Gasteiger charge is 2.34. The lowest BCUT2D eigenvalue weighted by atomic mass is 10.2. The van der Waals surface area contributed by atoms with Gasteiger partial charge in [-0.3, -0.25) is 9.59 Å². The Morgan fingerprint density at radius 3 is 2.46 bits per heavy atom. The Kier molecular flexibility index (Phi) is 5.75. The van der Waals surface area contributed by atoms with Gasteiger partial charge in [-0.05, 0) is 23.8 Å². The summed E-state index contributed by atoms with van der Waals surface area (Å²) in [6, 6.07) is 5.05. The molecule has 0 bridgehead atoms. The minimum Gasteiger partial charge on any atom is -0.481 e. The molecule has 0 saturated carbocycles. The van der Waals surface area contributed by atoms with Crippen molar-refractivity contribution >= 4 is 17.5 Å². The molecule has 138 valence electrons. The molecule has 0 unspecified atom stereocenters. The fraction of sp³-hybridized carbons (Fsp3) is 0.188. The van der Waals surface area contributed by atoms with Crippen LogP contribution in [0.3, 0.4) is 0 Å². The van der Waals surface area contributed by atoms with Crippen molar-refractivity contribution in [2.24, 2.45) is 0 Å². The zero-order chi connectivity index (χ0) is 19.3. The first-order chi connectivity index (χ1) is 12.2. The van der Waals surface area contributed by atoms with E-state index in [1.54, 1.807) is 12.1 Å². The van der Waals surface area contributed by atoms with E-state index < -0.39 is 29.4 Å². The number of benzene rings is 1. The minimum absolute atomic E-state index is 0.0273. The molecule has 1 aromatic heterocycles. The summed E-state index contributed by atoms with van der Waals surface area (Å²) in [6.07, 6.45) is -3.50. The molecule has 2 amide bonds. The van der Waals surface area contributed by atoms with Gasteiger partial charge in [-0.1, -0.05) is 6.07 Å². The lowest BCUT2D eigenvalue weighted by molar-refractivity contribution is -0.140. The molecular formula is C16H13F4N3O3. The van der Waals surface area contributed by atoms with E-state index in [0.717, 1.165) is 6.07 Å². The Labute approximate surface area is 145 Å². The van der Waals surface area contributed by atoms with Gasteiger partial charge in [-0.2, -0.15) is 13.2 Å². The predicted octanol–water partition coefficient (Wildman–Crippen LogP) is 2.50. The van der Waals surface area contributed by atoms with Gasteiger partial charge < -0.3 is 15.4 Å². The summed E-state index contributed by atoms with van der Waals surface area (Å²) >= 11 is 0. The van der Waals surface area contributed by atoms with Crippen LogP contribution in [0, 0.1) is 5.82 Å². The van der Waals surface area contributed by atoms with E-state index in [2.05, 4.69) is 10.3 Å². The van der Waals surface area contributed by atoms with Crippen LogP contribution in [0.4, 0.5) is 23.2 Å². The molecule has 6 nitrogen and oxygen atoms in total. The standard InChI is InChI=1S/C16H13F4N3O3/c1-26-13-5-2-9(7-21-13)8-22-14(24)15(25)23-10-3-4-12(17)11(6-10)16(18,19)20/h2-7H,8H2,1H3,(H,22,24)(H,23,25). The summed E-state index contributed by atoms with van der Waals surface area (Å²) in [4.78, 5) is 27.4. The highest BCUT2D eigenvalue weighted by Crippen LogP contribution is 2.32. The van der Waals surface area contributed by atoms with Crippen LogP contribution in [0.15, 0.2) is 36.5 Å². The number of aromatic nitrogens is 1. The van der Waals surface area contributed by atoms with Crippen LogP contribution in [0.2, 0.25) is 0 Å². The third kappa shape index (κ3) is 4.91. The summed E-state index contributed by atoms with van der Waals surface area (Å²) in [7, 11) is 1.44. The van der Waals surface area contributed by atoms with Crippen LogP contribution in [0.25, 0.3) is 0 Å². The van der Waals surface area contributed by atoms with Gasteiger partial charge >= 0.3 is 18.0 Å². The van der Waals surface area contributed by atoms with Gasteiger partial charge in [-0.15, -0.1) is 0 Å². The number of hydrogen-bond acceptors (Lipinski definition) is 4. The quantitative estimate of drug-likeness (QED) is 0.639. The maximum absolute atomic E-state index is 13.2. The highest BCUT2D eigenvalue weighted by atomic mass is 19.4. The maximum Gasteiger partial charge on any atom is 0.419 e. The molecule has 10 heteroatoms. The first-order valence-electron chi connectivity index (χ1n) is 7.15. The zero-order valence-electron chi connectivity index (χ0n) is 13.4. The lowest BCUT2D eigenvalue weighted by Crippen LogP contribution is -2.35. The number of rotatable bonds is 4. The maximum atomic E-state index is 13.2. The monoisotopic (exact) mass is 371 g/mol. The second-order valence-corrected chi connectivity index (χ2v) is 5.04. The van der Waals surface area contributed by atoms with Crippen LogP contribution in [0.1, 0.15) is 11.1 Å². The van der Waals surface area contributed by atoms with E-state index in [0.29, 0.717) is 23.6 Å². The smallest absolute Gasteiger partial charge is 0.419 e. The Balaban J connectivity index is 1.97. The number of ether oxygens (including phenoxy) is 1. The topological polar surface area (TPSA) is 80.3 Å². The number of pyridine rings is 1. The van der Waals surface area contributed by atoms with Crippen LogP contribution >= 0.6 is 0 Å². The molecule has 26 heavy (non-hydrogen) atoms. The van der Waals surface area contributed by atoms with Crippen molar-refractivity contribution in [1.29, 1.82) is 0 Å². The number of carbonyl (C=O) groups is 2. The molecule has 2 aromatic rings. The summed E-state index contributed by atoms with van der Waals surface area (Å²) < 4.78 is 56.0. The summed E-state index contributed by atoms with van der Waals surface area (Å²) in [6.45, 7) is -0.0273. The third-order valence-electron chi connectivity index (χ3n) is 3.20. The van der Waals surface area contributed by atoms with Crippen molar-refractivity contribution in [3.05, 3.63) is 53.5 Å². The van der Waals surface area contributed by atoms with Crippen LogP contribution in [0.5, 0.6) is 5.88 Å². The molecule has 0 spiro atoms. The molecule has 0 saturated heterocycles. The minimum atomic E-state index is -4.92. The van der Waals surface area contributed by atoms with Gasteiger partial charge in [0.25, 0.3) is 0 Å². The summed E-state index contributed by atoms with van der Waals surface area (Å²) in [5, 5.41) is 4.27. The molecule has 2 rings (SSSR count). The van der Waals surface area contributed by atoms with Crippen molar-refractivity contribution in [3.63, 3.8) is 0 Å². The van der Waals surface area contributed by atoms with E-state index >= 15 is 0 Å². The molecule has 0 radical (unpaired) electrons. The first-order valence-corrected chi connectivity index (χ1v) is 7.15. The Morgan fingerprint density at radius 2 is 1.88 bits per heavy atom. The van der Waals surface area contributed by atoms with E-state index in [1.165, 1.54) is 13.3 Å². The Bertz CT molecular complexity index is 807. The predicted molar refractivity (Wildman–Crippen MR) is 82.7 cm³/mol. The number of nitrogens with one attached hydrogen (secondary N) is 2. The number of nitrogens with zero attached hydrogens (tertiary/aromatic N) is 1. The van der Waals surface area contributed by atoms with Crippen molar-refractivity contribution in [2.45, 2.75) is 12.7 Å². The van der Waals surface area contributed by atoms with Gasteiger partial charge in [0.2, 0.25) is 5.88 Å². The van der Waals surface area contributed by atoms with Crippen molar-refractivity contribution in [1.82, 2.24) is 10.3 Å². The second-order valence-electron chi connectivity index (χ2n) is 5.04. The Morgan fingerprint density at radius 1 is 1.15 bits per heavy atom. The summed E-state index contributed by atoms with van der Waals surface area (Å²) in [5.74, 6) is -3.37. The average molecular weight is 371 g/mol. The van der Waals surface area contributed by atoms with Crippen molar-refractivity contribution in [3.8, 4) is 5.88 Å². The molecule has 0 fully saturated rings. The van der Waals surface area contributed by atoms with E-state index in [9.17, 15) is 27.2 Å². The van der Waals surface area contributed by atoms with E-state index in [1.807, 2.05) is 5.32 Å². The van der Waals surface area contributed by atoms with E-state index in [-0.39, 0.29) is 12.2 Å². The largest absolute Gasteiger partial charge is 0.481 e. The number of amides is 2. The number of halogens is 4.